The second-order valence-electron chi connectivity index (χ2n) is 5.45. The highest BCUT2D eigenvalue weighted by atomic mass is 35.5. The van der Waals surface area contributed by atoms with Crippen molar-refractivity contribution in [1.82, 2.24) is 10.2 Å². The molecule has 140 valence electrons. The molecule has 5 nitrogen and oxygen atoms in total. The average Bonchev–Trinajstić information content (AvgIpc) is 3.03. The first-order valence-corrected chi connectivity index (χ1v) is 10.6. The fraction of sp³-hybridized carbons (Fsp3) is 0.118. The van der Waals surface area contributed by atoms with Gasteiger partial charge in [0.1, 0.15) is 0 Å². The van der Waals surface area contributed by atoms with Crippen molar-refractivity contribution in [3.8, 4) is 0 Å². The van der Waals surface area contributed by atoms with E-state index in [0.29, 0.717) is 20.2 Å². The van der Waals surface area contributed by atoms with Crippen LogP contribution >= 0.6 is 57.9 Å². The highest BCUT2D eigenvalue weighted by Gasteiger charge is 2.13. The SMILES string of the molecule is Cc1cccc(Nc2nnc(SCC(=O)Nc3c(Cl)cc(Cl)cc3Cl)s2)c1. The molecule has 0 fully saturated rings. The van der Waals surface area contributed by atoms with Crippen LogP contribution in [0.3, 0.4) is 0 Å². The molecule has 3 aromatic rings. The van der Waals surface area contributed by atoms with Gasteiger partial charge in [0.25, 0.3) is 0 Å². The Balaban J connectivity index is 1.56. The van der Waals surface area contributed by atoms with Crippen molar-refractivity contribution in [2.45, 2.75) is 11.3 Å². The summed E-state index contributed by atoms with van der Waals surface area (Å²) in [5.74, 6) is -0.108. The lowest BCUT2D eigenvalue weighted by Crippen LogP contribution is -2.14. The molecular weight excluding hydrogens is 447 g/mol. The molecule has 3 rings (SSSR count). The Morgan fingerprint density at radius 1 is 1.15 bits per heavy atom. The van der Waals surface area contributed by atoms with Crippen LogP contribution < -0.4 is 10.6 Å². The van der Waals surface area contributed by atoms with Gasteiger partial charge in [0.2, 0.25) is 11.0 Å². The van der Waals surface area contributed by atoms with E-state index in [9.17, 15) is 4.79 Å². The maximum atomic E-state index is 12.2. The molecule has 1 heterocycles. The predicted octanol–water partition coefficient (Wildman–Crippen LogP) is 6.28. The number of rotatable bonds is 6. The van der Waals surface area contributed by atoms with Crippen LogP contribution in [-0.2, 0) is 4.79 Å². The minimum Gasteiger partial charge on any atom is -0.330 e. The first kappa shape index (κ1) is 20.2. The van der Waals surface area contributed by atoms with Gasteiger partial charge in [-0.3, -0.25) is 4.79 Å². The monoisotopic (exact) mass is 458 g/mol. The van der Waals surface area contributed by atoms with Crippen molar-refractivity contribution in [1.29, 1.82) is 0 Å². The summed E-state index contributed by atoms with van der Waals surface area (Å²) in [5, 5.41) is 15.7. The Kier molecular flexibility index (Phi) is 6.83. The van der Waals surface area contributed by atoms with Crippen LogP contribution in [0.5, 0.6) is 0 Å². The van der Waals surface area contributed by atoms with Crippen molar-refractivity contribution in [2.24, 2.45) is 0 Å². The van der Waals surface area contributed by atoms with Crippen molar-refractivity contribution in [2.75, 3.05) is 16.4 Å². The molecular formula is C17H13Cl3N4OS2. The molecule has 0 bridgehead atoms. The fourth-order valence-corrected chi connectivity index (χ4v) is 4.61. The van der Waals surface area contributed by atoms with Crippen LogP contribution in [0.4, 0.5) is 16.5 Å². The maximum absolute atomic E-state index is 12.2. The van der Waals surface area contributed by atoms with Gasteiger partial charge in [-0.2, -0.15) is 0 Å². The number of amides is 1. The number of nitrogens with zero attached hydrogens (tertiary/aromatic N) is 2. The van der Waals surface area contributed by atoms with Crippen LogP contribution in [0, 0.1) is 6.92 Å². The topological polar surface area (TPSA) is 66.9 Å². The minimum absolute atomic E-state index is 0.147. The number of anilines is 3. The summed E-state index contributed by atoms with van der Waals surface area (Å²) >= 11 is 20.6. The molecule has 1 amide bonds. The summed E-state index contributed by atoms with van der Waals surface area (Å²) in [4.78, 5) is 12.2. The normalized spacial score (nSPS) is 10.7. The number of benzene rings is 2. The van der Waals surface area contributed by atoms with E-state index in [1.807, 2.05) is 31.2 Å². The smallest absolute Gasteiger partial charge is 0.234 e. The molecule has 0 saturated heterocycles. The van der Waals surface area contributed by atoms with E-state index in [4.69, 9.17) is 34.8 Å². The zero-order valence-electron chi connectivity index (χ0n) is 13.9. The Morgan fingerprint density at radius 3 is 2.59 bits per heavy atom. The first-order chi connectivity index (χ1) is 12.9. The number of halogens is 3. The Bertz CT molecular complexity index is 957. The number of carbonyl (C=O) groups is 1. The molecule has 0 unspecified atom stereocenters. The molecule has 0 radical (unpaired) electrons. The Morgan fingerprint density at radius 2 is 1.89 bits per heavy atom. The van der Waals surface area contributed by atoms with Gasteiger partial charge in [0, 0.05) is 10.7 Å². The second-order valence-corrected chi connectivity index (χ2v) is 8.90. The van der Waals surface area contributed by atoms with Crippen LogP contribution in [0.2, 0.25) is 15.1 Å². The standard InChI is InChI=1S/C17H13Cl3N4OS2/c1-9-3-2-4-11(5-9)21-16-23-24-17(27-16)26-8-14(25)22-15-12(19)6-10(18)7-13(15)20/h2-7H,8H2,1H3,(H,21,23)(H,22,25). The average molecular weight is 460 g/mol. The molecule has 1 aromatic heterocycles. The molecule has 2 N–H and O–H groups in total. The number of thioether (sulfide) groups is 1. The van der Waals surface area contributed by atoms with Crippen LogP contribution in [0.1, 0.15) is 5.56 Å². The molecule has 0 aliphatic carbocycles. The van der Waals surface area contributed by atoms with E-state index < -0.39 is 0 Å². The molecule has 0 aliphatic rings. The summed E-state index contributed by atoms with van der Waals surface area (Å²) in [7, 11) is 0. The van der Waals surface area contributed by atoms with E-state index in [2.05, 4.69) is 20.8 Å². The van der Waals surface area contributed by atoms with Crippen molar-refractivity contribution in [3.63, 3.8) is 0 Å². The van der Waals surface area contributed by atoms with Gasteiger partial charge >= 0.3 is 0 Å². The minimum atomic E-state index is -0.255. The lowest BCUT2D eigenvalue weighted by molar-refractivity contribution is -0.113. The fourth-order valence-electron chi connectivity index (χ4n) is 2.13. The van der Waals surface area contributed by atoms with E-state index in [0.717, 1.165) is 11.3 Å². The summed E-state index contributed by atoms with van der Waals surface area (Å²) in [6.45, 7) is 2.02. The zero-order valence-corrected chi connectivity index (χ0v) is 17.8. The van der Waals surface area contributed by atoms with Gasteiger partial charge < -0.3 is 10.6 Å². The van der Waals surface area contributed by atoms with E-state index in [1.165, 1.54) is 35.2 Å². The van der Waals surface area contributed by atoms with E-state index in [-0.39, 0.29) is 21.7 Å². The summed E-state index contributed by atoms with van der Waals surface area (Å²) in [6, 6.07) is 11.0. The highest BCUT2D eigenvalue weighted by molar-refractivity contribution is 8.01. The first-order valence-electron chi connectivity index (χ1n) is 7.65. The Labute approximate surface area is 179 Å². The second kappa shape index (κ2) is 9.12. The third-order valence-electron chi connectivity index (χ3n) is 3.27. The van der Waals surface area contributed by atoms with Crippen LogP contribution in [0.25, 0.3) is 0 Å². The van der Waals surface area contributed by atoms with Crippen molar-refractivity contribution < 1.29 is 4.79 Å². The van der Waals surface area contributed by atoms with Gasteiger partial charge in [0.15, 0.2) is 4.34 Å². The summed E-state index contributed by atoms with van der Waals surface area (Å²) in [6.07, 6.45) is 0. The number of carbonyl (C=O) groups excluding carboxylic acids is 1. The molecule has 0 aliphatic heterocycles. The number of aryl methyl sites for hydroxylation is 1. The number of hydrogen-bond acceptors (Lipinski definition) is 6. The number of nitrogens with one attached hydrogen (secondary N) is 2. The molecule has 0 saturated carbocycles. The quantitative estimate of drug-likeness (QED) is 0.424. The third-order valence-corrected chi connectivity index (χ3v) is 6.06. The highest BCUT2D eigenvalue weighted by Crippen LogP contribution is 2.34. The molecule has 0 atom stereocenters. The number of aromatic nitrogens is 2. The van der Waals surface area contributed by atoms with E-state index in [1.54, 1.807) is 0 Å². The maximum Gasteiger partial charge on any atom is 0.234 e. The van der Waals surface area contributed by atoms with Gasteiger partial charge in [-0.25, -0.2) is 0 Å². The zero-order chi connectivity index (χ0) is 19.4. The van der Waals surface area contributed by atoms with E-state index >= 15 is 0 Å². The third kappa shape index (κ3) is 5.73. The van der Waals surface area contributed by atoms with Crippen LogP contribution in [-0.4, -0.2) is 21.9 Å². The summed E-state index contributed by atoms with van der Waals surface area (Å²) < 4.78 is 0.675. The largest absolute Gasteiger partial charge is 0.330 e. The predicted molar refractivity (Wildman–Crippen MR) is 115 cm³/mol. The van der Waals surface area contributed by atoms with Crippen LogP contribution in [0.15, 0.2) is 40.7 Å². The summed E-state index contributed by atoms with van der Waals surface area (Å²) in [5.41, 5.74) is 2.43. The lowest BCUT2D eigenvalue weighted by atomic mass is 10.2. The van der Waals surface area contributed by atoms with Gasteiger partial charge in [-0.05, 0) is 36.8 Å². The van der Waals surface area contributed by atoms with Gasteiger partial charge in [-0.1, -0.05) is 70.0 Å². The molecule has 10 heteroatoms. The molecule has 0 spiro atoms. The number of hydrogen-bond donors (Lipinski definition) is 2. The molecule has 2 aromatic carbocycles. The van der Waals surface area contributed by atoms with Gasteiger partial charge in [-0.15, -0.1) is 10.2 Å². The lowest BCUT2D eigenvalue weighted by Gasteiger charge is -2.09. The Hall–Kier alpha value is -1.51. The van der Waals surface area contributed by atoms with Crippen molar-refractivity contribution >= 4 is 80.3 Å². The van der Waals surface area contributed by atoms with Crippen molar-refractivity contribution in [3.05, 3.63) is 57.0 Å². The van der Waals surface area contributed by atoms with Gasteiger partial charge in [0.05, 0.1) is 21.5 Å². The molecule has 27 heavy (non-hydrogen) atoms.